The third-order valence-electron chi connectivity index (χ3n) is 2.31. The number of nitrogens with zero attached hydrogens (tertiary/aromatic N) is 1. The van der Waals surface area contributed by atoms with E-state index in [0.29, 0.717) is 12.1 Å². The Morgan fingerprint density at radius 2 is 2.12 bits per heavy atom. The Labute approximate surface area is 104 Å². The molecule has 0 spiro atoms. The lowest BCUT2D eigenvalue weighted by atomic mass is 10.1. The molecule has 86 valence electrons. The van der Waals surface area contributed by atoms with Crippen molar-refractivity contribution in [1.82, 2.24) is 0 Å². The van der Waals surface area contributed by atoms with Gasteiger partial charge >= 0.3 is 0 Å². The second-order valence-electron chi connectivity index (χ2n) is 4.03. The summed E-state index contributed by atoms with van der Waals surface area (Å²) in [6.45, 7) is 4.42. The van der Waals surface area contributed by atoms with Gasteiger partial charge in [0.2, 0.25) is 0 Å². The minimum atomic E-state index is -0.385. The molecule has 0 radical (unpaired) electrons. The second-order valence-corrected chi connectivity index (χ2v) is 4.95. The van der Waals surface area contributed by atoms with Gasteiger partial charge in [0, 0.05) is 16.7 Å². The molecule has 1 aromatic carbocycles. The van der Waals surface area contributed by atoms with Crippen molar-refractivity contribution in [2.24, 2.45) is 5.92 Å². The van der Waals surface area contributed by atoms with E-state index in [2.05, 4.69) is 27.3 Å². The zero-order chi connectivity index (χ0) is 12.1. The summed E-state index contributed by atoms with van der Waals surface area (Å²) in [5.41, 5.74) is 1.43. The number of benzene rings is 1. The molecule has 0 aliphatic heterocycles. The van der Waals surface area contributed by atoms with Crippen molar-refractivity contribution in [3.8, 4) is 6.07 Å². The second kappa shape index (κ2) is 5.88. The first-order valence-electron chi connectivity index (χ1n) is 5.15. The molecule has 16 heavy (non-hydrogen) atoms. The standard InChI is InChI=1S/C12H15BrN2O/c1-8(2)12(16)7-15-11-4-9(6-14)3-10(13)5-11/h3-5,8,12,15-16H,7H2,1-2H3. The predicted molar refractivity (Wildman–Crippen MR) is 68.2 cm³/mol. The average Bonchev–Trinajstić information content (AvgIpc) is 2.24. The van der Waals surface area contributed by atoms with Gasteiger partial charge in [0.05, 0.1) is 17.7 Å². The maximum absolute atomic E-state index is 9.64. The lowest BCUT2D eigenvalue weighted by molar-refractivity contribution is 0.138. The van der Waals surface area contributed by atoms with Crippen molar-refractivity contribution in [3.05, 3.63) is 28.2 Å². The van der Waals surface area contributed by atoms with E-state index < -0.39 is 0 Å². The molecule has 0 heterocycles. The van der Waals surface area contributed by atoms with E-state index in [9.17, 15) is 5.11 Å². The Bertz CT molecular complexity index is 398. The average molecular weight is 283 g/mol. The monoisotopic (exact) mass is 282 g/mol. The van der Waals surface area contributed by atoms with Crippen molar-refractivity contribution in [2.75, 3.05) is 11.9 Å². The Morgan fingerprint density at radius 1 is 1.44 bits per heavy atom. The highest BCUT2D eigenvalue weighted by Crippen LogP contribution is 2.19. The van der Waals surface area contributed by atoms with Crippen molar-refractivity contribution in [2.45, 2.75) is 20.0 Å². The summed E-state index contributed by atoms with van der Waals surface area (Å²) >= 11 is 3.34. The highest BCUT2D eigenvalue weighted by molar-refractivity contribution is 9.10. The molecule has 0 aliphatic carbocycles. The molecule has 1 atom stereocenters. The largest absolute Gasteiger partial charge is 0.391 e. The molecule has 3 nitrogen and oxygen atoms in total. The number of halogens is 1. The van der Waals surface area contributed by atoms with Crippen LogP contribution in [0.15, 0.2) is 22.7 Å². The normalized spacial score (nSPS) is 12.2. The van der Waals surface area contributed by atoms with Crippen molar-refractivity contribution in [3.63, 3.8) is 0 Å². The molecular formula is C12H15BrN2O. The lowest BCUT2D eigenvalue weighted by Gasteiger charge is -2.16. The Hall–Kier alpha value is -1.05. The van der Waals surface area contributed by atoms with Crippen LogP contribution in [0.5, 0.6) is 0 Å². The van der Waals surface area contributed by atoms with Crippen LogP contribution >= 0.6 is 15.9 Å². The summed E-state index contributed by atoms with van der Waals surface area (Å²) in [5.74, 6) is 0.218. The van der Waals surface area contributed by atoms with E-state index >= 15 is 0 Å². The molecule has 0 saturated heterocycles. The fourth-order valence-electron chi connectivity index (χ4n) is 1.21. The van der Waals surface area contributed by atoms with Gasteiger partial charge in [0.15, 0.2) is 0 Å². The van der Waals surface area contributed by atoms with Crippen LogP contribution in [0.3, 0.4) is 0 Å². The Balaban J connectivity index is 2.68. The molecule has 0 fully saturated rings. The van der Waals surface area contributed by atoms with Gasteiger partial charge in [-0.05, 0) is 24.1 Å². The van der Waals surface area contributed by atoms with Crippen LogP contribution in [-0.2, 0) is 0 Å². The number of rotatable bonds is 4. The third kappa shape index (κ3) is 3.84. The number of hydrogen-bond donors (Lipinski definition) is 2. The van der Waals surface area contributed by atoms with Crippen LogP contribution in [0.4, 0.5) is 5.69 Å². The Kier molecular flexibility index (Phi) is 4.78. The van der Waals surface area contributed by atoms with Gasteiger partial charge in [0.25, 0.3) is 0 Å². The summed E-state index contributed by atoms with van der Waals surface area (Å²) in [6.07, 6.45) is -0.385. The van der Waals surface area contributed by atoms with E-state index in [1.165, 1.54) is 0 Å². The smallest absolute Gasteiger partial charge is 0.0992 e. The summed E-state index contributed by atoms with van der Waals surface area (Å²) in [5, 5.41) is 21.6. The number of anilines is 1. The summed E-state index contributed by atoms with van der Waals surface area (Å²) in [7, 11) is 0. The summed E-state index contributed by atoms with van der Waals surface area (Å²) in [6, 6.07) is 7.48. The van der Waals surface area contributed by atoms with Crippen molar-refractivity contribution < 1.29 is 5.11 Å². The minimum Gasteiger partial charge on any atom is -0.391 e. The lowest BCUT2D eigenvalue weighted by Crippen LogP contribution is -2.24. The molecular weight excluding hydrogens is 268 g/mol. The summed E-state index contributed by atoms with van der Waals surface area (Å²) < 4.78 is 0.855. The summed E-state index contributed by atoms with van der Waals surface area (Å²) in [4.78, 5) is 0. The van der Waals surface area contributed by atoms with Crippen LogP contribution in [-0.4, -0.2) is 17.8 Å². The fourth-order valence-corrected chi connectivity index (χ4v) is 1.71. The van der Waals surface area contributed by atoms with Crippen LogP contribution < -0.4 is 5.32 Å². The number of aliphatic hydroxyl groups is 1. The molecule has 0 saturated carbocycles. The number of aliphatic hydroxyl groups excluding tert-OH is 1. The zero-order valence-electron chi connectivity index (χ0n) is 9.37. The Morgan fingerprint density at radius 3 is 2.69 bits per heavy atom. The van der Waals surface area contributed by atoms with Gasteiger partial charge < -0.3 is 10.4 Å². The molecule has 1 aromatic rings. The van der Waals surface area contributed by atoms with Crippen LogP contribution in [0, 0.1) is 17.2 Å². The fraction of sp³-hybridized carbons (Fsp3) is 0.417. The topological polar surface area (TPSA) is 56.0 Å². The van der Waals surface area contributed by atoms with Gasteiger partial charge in [-0.2, -0.15) is 5.26 Å². The van der Waals surface area contributed by atoms with E-state index in [-0.39, 0.29) is 12.0 Å². The van der Waals surface area contributed by atoms with Gasteiger partial charge in [-0.15, -0.1) is 0 Å². The highest BCUT2D eigenvalue weighted by atomic mass is 79.9. The highest BCUT2D eigenvalue weighted by Gasteiger charge is 2.08. The SMILES string of the molecule is CC(C)C(O)CNc1cc(Br)cc(C#N)c1. The number of nitrogens with one attached hydrogen (secondary N) is 1. The quantitative estimate of drug-likeness (QED) is 0.893. The maximum Gasteiger partial charge on any atom is 0.0992 e. The first-order chi connectivity index (χ1) is 7.52. The van der Waals surface area contributed by atoms with E-state index in [4.69, 9.17) is 5.26 Å². The van der Waals surface area contributed by atoms with Gasteiger partial charge in [-0.3, -0.25) is 0 Å². The van der Waals surface area contributed by atoms with Gasteiger partial charge in [-0.25, -0.2) is 0 Å². The van der Waals surface area contributed by atoms with Crippen molar-refractivity contribution in [1.29, 1.82) is 5.26 Å². The van der Waals surface area contributed by atoms with E-state index in [1.54, 1.807) is 12.1 Å². The minimum absolute atomic E-state index is 0.218. The van der Waals surface area contributed by atoms with Crippen LogP contribution in [0.1, 0.15) is 19.4 Å². The molecule has 0 amide bonds. The molecule has 1 unspecified atom stereocenters. The van der Waals surface area contributed by atoms with E-state index in [1.807, 2.05) is 19.9 Å². The number of hydrogen-bond acceptors (Lipinski definition) is 3. The third-order valence-corrected chi connectivity index (χ3v) is 2.77. The van der Waals surface area contributed by atoms with Crippen LogP contribution in [0.25, 0.3) is 0 Å². The molecule has 0 aromatic heterocycles. The number of nitriles is 1. The van der Waals surface area contributed by atoms with Gasteiger partial charge in [-0.1, -0.05) is 29.8 Å². The van der Waals surface area contributed by atoms with E-state index in [0.717, 1.165) is 10.2 Å². The zero-order valence-corrected chi connectivity index (χ0v) is 11.0. The molecule has 2 N–H and O–H groups in total. The molecule has 0 bridgehead atoms. The predicted octanol–water partition coefficient (Wildman–Crippen LogP) is 2.75. The maximum atomic E-state index is 9.64. The molecule has 1 rings (SSSR count). The van der Waals surface area contributed by atoms with Gasteiger partial charge in [0.1, 0.15) is 0 Å². The molecule has 0 aliphatic rings. The first-order valence-corrected chi connectivity index (χ1v) is 5.95. The van der Waals surface area contributed by atoms with Crippen LogP contribution in [0.2, 0.25) is 0 Å². The first kappa shape index (κ1) is 13.0. The van der Waals surface area contributed by atoms with Crippen molar-refractivity contribution >= 4 is 21.6 Å². The molecule has 4 heteroatoms.